The first kappa shape index (κ1) is 22.8. The van der Waals surface area contributed by atoms with Crippen LogP contribution in [0.25, 0.3) is 54.9 Å². The summed E-state index contributed by atoms with van der Waals surface area (Å²) in [6.07, 6.45) is 0. The van der Waals surface area contributed by atoms with Crippen LogP contribution in [-0.4, -0.2) is 0 Å². The van der Waals surface area contributed by atoms with Crippen LogP contribution in [0.4, 0.5) is 17.1 Å². The zero-order valence-corrected chi connectivity index (χ0v) is 22.3. The molecule has 1 nitrogen and oxygen atoms in total. The van der Waals surface area contributed by atoms with Crippen LogP contribution >= 0.6 is 0 Å². The standard InChI is InChI=1S/C39H27N/c1-26-9-8-14-34(19-26)40(33-12-6-3-7-13-33)35-18-17-30-23-37-38-24-31-20-28(27-10-4-2-5-11-27)15-16-29(31)22-36(38)39(37)25-32(30)21-35/h2-25H,1H3. The molecule has 40 heavy (non-hydrogen) atoms. The molecule has 0 aliphatic heterocycles. The van der Waals surface area contributed by atoms with Crippen LogP contribution in [0.1, 0.15) is 5.56 Å². The lowest BCUT2D eigenvalue weighted by Gasteiger charge is -2.28. The van der Waals surface area contributed by atoms with E-state index in [4.69, 9.17) is 0 Å². The van der Waals surface area contributed by atoms with Gasteiger partial charge in [-0.15, -0.1) is 0 Å². The summed E-state index contributed by atoms with van der Waals surface area (Å²) >= 11 is 0. The first-order valence-electron chi connectivity index (χ1n) is 13.8. The van der Waals surface area contributed by atoms with Crippen LogP contribution in [0.3, 0.4) is 0 Å². The third-order valence-corrected chi connectivity index (χ3v) is 8.16. The summed E-state index contributed by atoms with van der Waals surface area (Å²) in [5.74, 6) is 0. The molecule has 0 saturated carbocycles. The Morgan fingerprint density at radius 2 is 0.900 bits per heavy atom. The monoisotopic (exact) mass is 509 g/mol. The molecule has 0 radical (unpaired) electrons. The second-order valence-electron chi connectivity index (χ2n) is 10.8. The maximum atomic E-state index is 2.38. The highest BCUT2D eigenvalue weighted by molar-refractivity contribution is 6.12. The number of para-hydroxylation sites is 1. The predicted octanol–water partition coefficient (Wildman–Crippen LogP) is 11.1. The molecule has 7 aromatic rings. The van der Waals surface area contributed by atoms with Gasteiger partial charge in [0.05, 0.1) is 0 Å². The summed E-state index contributed by atoms with van der Waals surface area (Å²) < 4.78 is 0. The smallest absolute Gasteiger partial charge is 0.0468 e. The first-order valence-corrected chi connectivity index (χ1v) is 13.8. The second-order valence-corrected chi connectivity index (χ2v) is 10.8. The minimum absolute atomic E-state index is 1.16. The minimum atomic E-state index is 1.16. The zero-order chi connectivity index (χ0) is 26.6. The lowest BCUT2D eigenvalue weighted by atomic mass is 9.77. The molecule has 7 aromatic carbocycles. The van der Waals surface area contributed by atoms with Gasteiger partial charge in [-0.2, -0.15) is 0 Å². The van der Waals surface area contributed by atoms with Crippen LogP contribution in [0.15, 0.2) is 146 Å². The summed E-state index contributed by atoms with van der Waals surface area (Å²) in [5, 5.41) is 5.10. The van der Waals surface area contributed by atoms with E-state index < -0.39 is 0 Å². The molecule has 0 fully saturated rings. The van der Waals surface area contributed by atoms with Crippen molar-refractivity contribution in [2.24, 2.45) is 0 Å². The van der Waals surface area contributed by atoms with Gasteiger partial charge in [-0.25, -0.2) is 0 Å². The van der Waals surface area contributed by atoms with Gasteiger partial charge in [0.25, 0.3) is 0 Å². The highest BCUT2D eigenvalue weighted by Crippen LogP contribution is 2.51. The number of hydrogen-bond acceptors (Lipinski definition) is 1. The molecule has 1 heteroatoms. The molecule has 1 aliphatic carbocycles. The number of rotatable bonds is 4. The van der Waals surface area contributed by atoms with Gasteiger partial charge in [0.1, 0.15) is 0 Å². The molecule has 188 valence electrons. The Labute approximate surface area is 234 Å². The van der Waals surface area contributed by atoms with E-state index >= 15 is 0 Å². The SMILES string of the molecule is Cc1cccc(N(c2ccccc2)c2ccc3cc4c(cc3c2)-c2cc3ccc(-c5ccccc5)cc3cc2-4)c1. The van der Waals surface area contributed by atoms with E-state index in [-0.39, 0.29) is 0 Å². The van der Waals surface area contributed by atoms with E-state index in [0.717, 1.165) is 11.4 Å². The summed E-state index contributed by atoms with van der Waals surface area (Å²) in [4.78, 5) is 2.34. The first-order chi connectivity index (χ1) is 19.7. The number of fused-ring (bicyclic) bond motifs is 6. The van der Waals surface area contributed by atoms with Crippen molar-refractivity contribution >= 4 is 38.6 Å². The Hall–Kier alpha value is -5.14. The molecule has 0 heterocycles. The number of benzene rings is 7. The van der Waals surface area contributed by atoms with E-state index in [2.05, 4.69) is 157 Å². The molecule has 0 atom stereocenters. The Balaban J connectivity index is 1.22. The maximum absolute atomic E-state index is 2.38. The number of hydrogen-bond donors (Lipinski definition) is 0. The van der Waals surface area contributed by atoms with Crippen molar-refractivity contribution in [2.75, 3.05) is 4.90 Å². The van der Waals surface area contributed by atoms with E-state index in [0.29, 0.717) is 0 Å². The Morgan fingerprint density at radius 3 is 1.57 bits per heavy atom. The zero-order valence-electron chi connectivity index (χ0n) is 22.3. The molecule has 0 saturated heterocycles. The molecule has 0 aromatic heterocycles. The van der Waals surface area contributed by atoms with Crippen molar-refractivity contribution in [3.63, 3.8) is 0 Å². The molecule has 0 spiro atoms. The second kappa shape index (κ2) is 8.97. The van der Waals surface area contributed by atoms with E-state index in [1.165, 1.54) is 66.2 Å². The van der Waals surface area contributed by atoms with Crippen molar-refractivity contribution in [1.82, 2.24) is 0 Å². The molecular weight excluding hydrogens is 482 g/mol. The quantitative estimate of drug-likeness (QED) is 0.228. The van der Waals surface area contributed by atoms with Gasteiger partial charge >= 0.3 is 0 Å². The minimum Gasteiger partial charge on any atom is -0.310 e. The number of anilines is 3. The van der Waals surface area contributed by atoms with Gasteiger partial charge in [0.15, 0.2) is 0 Å². The van der Waals surface area contributed by atoms with Gasteiger partial charge in [-0.1, -0.05) is 78.9 Å². The summed E-state index contributed by atoms with van der Waals surface area (Å²) in [7, 11) is 0. The van der Waals surface area contributed by atoms with Gasteiger partial charge < -0.3 is 4.90 Å². The fraction of sp³-hybridized carbons (Fsp3) is 0.0256. The van der Waals surface area contributed by atoms with Crippen molar-refractivity contribution in [2.45, 2.75) is 6.92 Å². The Bertz CT molecular complexity index is 2060. The molecule has 0 amide bonds. The molecule has 0 N–H and O–H groups in total. The molecule has 8 rings (SSSR count). The van der Waals surface area contributed by atoms with Gasteiger partial charge in [0.2, 0.25) is 0 Å². The third kappa shape index (κ3) is 3.71. The molecular formula is C39H27N. The molecule has 0 unspecified atom stereocenters. The van der Waals surface area contributed by atoms with Gasteiger partial charge in [-0.05, 0) is 134 Å². The van der Waals surface area contributed by atoms with Crippen molar-refractivity contribution in [3.05, 3.63) is 151 Å². The summed E-state index contributed by atoms with van der Waals surface area (Å²) in [6, 6.07) is 53.1. The van der Waals surface area contributed by atoms with Gasteiger partial charge in [0, 0.05) is 17.1 Å². The van der Waals surface area contributed by atoms with E-state index in [9.17, 15) is 0 Å². The number of nitrogens with zero attached hydrogens (tertiary/aromatic N) is 1. The maximum Gasteiger partial charge on any atom is 0.0468 e. The fourth-order valence-corrected chi connectivity index (χ4v) is 6.15. The normalized spacial score (nSPS) is 11.6. The van der Waals surface area contributed by atoms with Crippen LogP contribution in [-0.2, 0) is 0 Å². The summed E-state index contributed by atoms with van der Waals surface area (Å²) in [6.45, 7) is 2.15. The summed E-state index contributed by atoms with van der Waals surface area (Å²) in [5.41, 5.74) is 12.6. The molecule has 1 aliphatic rings. The van der Waals surface area contributed by atoms with Crippen LogP contribution in [0.5, 0.6) is 0 Å². The van der Waals surface area contributed by atoms with Crippen molar-refractivity contribution in [1.29, 1.82) is 0 Å². The lowest BCUT2D eigenvalue weighted by molar-refractivity contribution is 1.28. The third-order valence-electron chi connectivity index (χ3n) is 8.16. The highest BCUT2D eigenvalue weighted by Gasteiger charge is 2.24. The van der Waals surface area contributed by atoms with Crippen molar-refractivity contribution in [3.8, 4) is 33.4 Å². The highest BCUT2D eigenvalue weighted by atomic mass is 15.1. The van der Waals surface area contributed by atoms with Gasteiger partial charge in [-0.3, -0.25) is 0 Å². The molecule has 0 bridgehead atoms. The van der Waals surface area contributed by atoms with Crippen molar-refractivity contribution < 1.29 is 0 Å². The van der Waals surface area contributed by atoms with E-state index in [1.54, 1.807) is 0 Å². The Kier molecular flexibility index (Phi) is 5.11. The van der Waals surface area contributed by atoms with Crippen LogP contribution < -0.4 is 4.90 Å². The van der Waals surface area contributed by atoms with Crippen LogP contribution in [0, 0.1) is 6.92 Å². The number of aryl methyl sites for hydroxylation is 1. The largest absolute Gasteiger partial charge is 0.310 e. The van der Waals surface area contributed by atoms with E-state index in [1.807, 2.05) is 0 Å². The lowest BCUT2D eigenvalue weighted by Crippen LogP contribution is -2.10. The predicted molar refractivity (Wildman–Crippen MR) is 171 cm³/mol. The Morgan fingerprint density at radius 1 is 0.350 bits per heavy atom. The fourth-order valence-electron chi connectivity index (χ4n) is 6.15. The topological polar surface area (TPSA) is 3.24 Å². The average Bonchev–Trinajstić information content (AvgIpc) is 3.00. The van der Waals surface area contributed by atoms with Crippen LogP contribution in [0.2, 0.25) is 0 Å². The average molecular weight is 510 g/mol.